The van der Waals surface area contributed by atoms with E-state index >= 15 is 0 Å². The summed E-state index contributed by atoms with van der Waals surface area (Å²) in [7, 11) is 0. The van der Waals surface area contributed by atoms with E-state index in [1.807, 2.05) is 0 Å². The Labute approximate surface area is 194 Å². The normalized spacial score (nSPS) is 24.4. The molecule has 0 bridgehead atoms. The highest BCUT2D eigenvalue weighted by molar-refractivity contribution is 5.91. The summed E-state index contributed by atoms with van der Waals surface area (Å²) in [5, 5.41) is 9.85. The summed E-state index contributed by atoms with van der Waals surface area (Å²) in [5.41, 5.74) is 3.07. The second-order valence-corrected chi connectivity index (χ2v) is 9.17. The third kappa shape index (κ3) is 6.75. The van der Waals surface area contributed by atoms with Gasteiger partial charge in [-0.2, -0.15) is 0 Å². The number of rotatable bonds is 8. The molecule has 1 aromatic heterocycles. The van der Waals surface area contributed by atoms with Crippen molar-refractivity contribution in [2.45, 2.75) is 63.7 Å². The summed E-state index contributed by atoms with van der Waals surface area (Å²) >= 11 is 0. The standard InChI is InChI=1S/C24H34N4O5/c29-22(26-33-23-7-3-4-14-32-23)11-9-18-8-10-21(25-15-18)28(24(30)31)20-12-13-27(17-20)16-19-5-1-2-6-19/h8-11,15,19-20,23H,1-7,12-14,16-17H2,(H,26,29)(H,30,31)/t20-,23?/m1/s1. The molecule has 1 unspecified atom stereocenters. The number of carboxylic acid groups (broad SMARTS) is 1. The van der Waals surface area contributed by atoms with Crippen LogP contribution in [0, 0.1) is 5.92 Å². The average molecular weight is 459 g/mol. The van der Waals surface area contributed by atoms with Crippen LogP contribution in [0.15, 0.2) is 24.4 Å². The van der Waals surface area contributed by atoms with Crippen LogP contribution in [-0.2, 0) is 14.4 Å². The predicted octanol–water partition coefficient (Wildman–Crippen LogP) is 3.42. The summed E-state index contributed by atoms with van der Waals surface area (Å²) in [6, 6.07) is 3.36. The summed E-state index contributed by atoms with van der Waals surface area (Å²) in [6.07, 6.45) is 12.0. The Hall–Kier alpha value is -2.49. The van der Waals surface area contributed by atoms with Gasteiger partial charge in [0.1, 0.15) is 5.82 Å². The number of aromatic nitrogens is 1. The molecule has 1 saturated carbocycles. The number of anilines is 1. The van der Waals surface area contributed by atoms with Crippen LogP contribution >= 0.6 is 0 Å². The van der Waals surface area contributed by atoms with E-state index in [-0.39, 0.29) is 6.04 Å². The van der Waals surface area contributed by atoms with E-state index in [0.29, 0.717) is 18.0 Å². The van der Waals surface area contributed by atoms with Crippen LogP contribution in [0.5, 0.6) is 0 Å². The van der Waals surface area contributed by atoms with E-state index in [2.05, 4.69) is 15.4 Å². The van der Waals surface area contributed by atoms with Crippen molar-refractivity contribution in [3.8, 4) is 0 Å². The molecule has 3 fully saturated rings. The first-order valence-corrected chi connectivity index (χ1v) is 12.0. The van der Waals surface area contributed by atoms with Gasteiger partial charge in [-0.1, -0.05) is 12.8 Å². The van der Waals surface area contributed by atoms with E-state index in [4.69, 9.17) is 9.57 Å². The van der Waals surface area contributed by atoms with Crippen LogP contribution in [0.3, 0.4) is 0 Å². The van der Waals surface area contributed by atoms with Gasteiger partial charge in [-0.3, -0.25) is 9.69 Å². The van der Waals surface area contributed by atoms with Crippen molar-refractivity contribution >= 4 is 23.9 Å². The van der Waals surface area contributed by atoms with Crippen molar-refractivity contribution in [1.29, 1.82) is 0 Å². The Balaban J connectivity index is 1.29. The minimum atomic E-state index is -0.986. The predicted molar refractivity (Wildman–Crippen MR) is 123 cm³/mol. The molecule has 180 valence electrons. The van der Waals surface area contributed by atoms with Crippen molar-refractivity contribution in [2.75, 3.05) is 31.1 Å². The van der Waals surface area contributed by atoms with Crippen LogP contribution in [0.4, 0.5) is 10.6 Å². The Morgan fingerprint density at radius 3 is 2.73 bits per heavy atom. The number of amides is 2. The largest absolute Gasteiger partial charge is 0.465 e. The quantitative estimate of drug-likeness (QED) is 0.454. The maximum atomic E-state index is 12.0. The zero-order chi connectivity index (χ0) is 23.0. The van der Waals surface area contributed by atoms with E-state index in [1.54, 1.807) is 24.4 Å². The lowest BCUT2D eigenvalue weighted by molar-refractivity contribution is -0.198. The fraction of sp³-hybridized carbons (Fsp3) is 0.625. The van der Waals surface area contributed by atoms with E-state index in [1.165, 1.54) is 36.7 Å². The molecule has 1 aliphatic carbocycles. The number of hydroxylamine groups is 1. The maximum absolute atomic E-state index is 12.0. The molecule has 0 spiro atoms. The van der Waals surface area contributed by atoms with Gasteiger partial charge < -0.3 is 14.7 Å². The van der Waals surface area contributed by atoms with Crippen LogP contribution in [0.25, 0.3) is 6.08 Å². The van der Waals surface area contributed by atoms with Gasteiger partial charge in [0.2, 0.25) is 0 Å². The zero-order valence-corrected chi connectivity index (χ0v) is 19.0. The summed E-state index contributed by atoms with van der Waals surface area (Å²) < 4.78 is 5.40. The van der Waals surface area contributed by atoms with Crippen LogP contribution in [-0.4, -0.2) is 65.6 Å². The first-order valence-electron chi connectivity index (χ1n) is 12.0. The molecule has 0 aromatic carbocycles. The number of nitrogens with zero attached hydrogens (tertiary/aromatic N) is 3. The topological polar surface area (TPSA) is 104 Å². The molecule has 3 heterocycles. The lowest BCUT2D eigenvalue weighted by Gasteiger charge is -2.26. The van der Waals surface area contributed by atoms with E-state index in [9.17, 15) is 14.7 Å². The van der Waals surface area contributed by atoms with Gasteiger partial charge in [-0.25, -0.2) is 20.1 Å². The van der Waals surface area contributed by atoms with E-state index < -0.39 is 18.3 Å². The number of ether oxygens (including phenoxy) is 1. The molecule has 33 heavy (non-hydrogen) atoms. The SMILES string of the molecule is O=C(C=Cc1ccc(N(C(=O)O)[C@@H]2CCN(CC3CCCC3)C2)nc1)NOC1CCCCO1. The molecule has 2 N–H and O–H groups in total. The van der Waals surface area contributed by atoms with Gasteiger partial charge in [0, 0.05) is 44.9 Å². The summed E-state index contributed by atoms with van der Waals surface area (Å²) in [6.45, 7) is 3.38. The highest BCUT2D eigenvalue weighted by Gasteiger charge is 2.33. The van der Waals surface area contributed by atoms with E-state index in [0.717, 1.165) is 51.2 Å². The number of carbonyl (C=O) groups excluding carboxylic acids is 1. The fourth-order valence-corrected chi connectivity index (χ4v) is 4.96. The molecule has 2 aliphatic heterocycles. The van der Waals surface area contributed by atoms with Crippen molar-refractivity contribution in [3.63, 3.8) is 0 Å². The van der Waals surface area contributed by atoms with Gasteiger partial charge in [0.05, 0.1) is 6.04 Å². The second kappa shape index (κ2) is 11.6. The smallest absolute Gasteiger partial charge is 0.413 e. The Morgan fingerprint density at radius 1 is 1.21 bits per heavy atom. The lowest BCUT2D eigenvalue weighted by Crippen LogP contribution is -2.42. The molecular weight excluding hydrogens is 424 g/mol. The van der Waals surface area contributed by atoms with Crippen LogP contribution in [0.1, 0.15) is 56.9 Å². The third-order valence-electron chi connectivity index (χ3n) is 6.68. The molecule has 2 saturated heterocycles. The van der Waals surface area contributed by atoms with Crippen LogP contribution < -0.4 is 10.4 Å². The lowest BCUT2D eigenvalue weighted by atomic mass is 10.1. The maximum Gasteiger partial charge on any atom is 0.413 e. The molecule has 3 aliphatic rings. The van der Waals surface area contributed by atoms with Crippen molar-refractivity contribution in [1.82, 2.24) is 15.4 Å². The van der Waals surface area contributed by atoms with Crippen molar-refractivity contribution in [3.05, 3.63) is 30.0 Å². The monoisotopic (exact) mass is 458 g/mol. The summed E-state index contributed by atoms with van der Waals surface area (Å²) in [4.78, 5) is 37.4. The van der Waals surface area contributed by atoms with Gasteiger partial charge >= 0.3 is 6.09 Å². The van der Waals surface area contributed by atoms with Crippen LogP contribution in [0.2, 0.25) is 0 Å². The third-order valence-corrected chi connectivity index (χ3v) is 6.68. The minimum absolute atomic E-state index is 0.0947. The van der Waals surface area contributed by atoms with Gasteiger partial charge in [-0.05, 0) is 61.8 Å². The fourth-order valence-electron chi connectivity index (χ4n) is 4.96. The van der Waals surface area contributed by atoms with Crippen molar-refractivity contribution < 1.29 is 24.3 Å². The molecule has 9 nitrogen and oxygen atoms in total. The average Bonchev–Trinajstić information content (AvgIpc) is 3.50. The number of hydrogen-bond donors (Lipinski definition) is 2. The number of nitrogens with one attached hydrogen (secondary N) is 1. The molecular formula is C24H34N4O5. The van der Waals surface area contributed by atoms with Gasteiger partial charge in [0.15, 0.2) is 6.29 Å². The Kier molecular flexibility index (Phi) is 8.30. The molecule has 1 aromatic rings. The number of hydrogen-bond acceptors (Lipinski definition) is 6. The highest BCUT2D eigenvalue weighted by atomic mass is 16.8. The summed E-state index contributed by atoms with van der Waals surface area (Å²) in [5.74, 6) is 0.771. The molecule has 0 radical (unpaired) electrons. The first kappa shape index (κ1) is 23.7. The highest BCUT2D eigenvalue weighted by Crippen LogP contribution is 2.28. The molecule has 2 atom stereocenters. The zero-order valence-electron chi connectivity index (χ0n) is 19.0. The number of likely N-dealkylation sites (tertiary alicyclic amines) is 1. The Morgan fingerprint density at radius 2 is 2.03 bits per heavy atom. The van der Waals surface area contributed by atoms with Gasteiger partial charge in [-0.15, -0.1) is 0 Å². The number of pyridine rings is 1. The second-order valence-electron chi connectivity index (χ2n) is 9.17. The molecule has 4 rings (SSSR count). The molecule has 2 amide bonds. The van der Waals surface area contributed by atoms with Gasteiger partial charge in [0.25, 0.3) is 5.91 Å². The number of carbonyl (C=O) groups is 2. The minimum Gasteiger partial charge on any atom is -0.465 e. The first-order chi connectivity index (χ1) is 16.1. The van der Waals surface area contributed by atoms with Crippen molar-refractivity contribution in [2.24, 2.45) is 5.92 Å². The molecule has 9 heteroatoms. The Bertz CT molecular complexity index is 819.